The lowest BCUT2D eigenvalue weighted by atomic mass is 10.2. The zero-order valence-electron chi connectivity index (χ0n) is 16.1. The zero-order chi connectivity index (χ0) is 20.3. The van der Waals surface area contributed by atoms with E-state index in [0.29, 0.717) is 11.5 Å². The van der Waals surface area contributed by atoms with Gasteiger partial charge in [0.05, 0.1) is 11.4 Å². The molecule has 3 rings (SSSR count). The second-order valence-corrected chi connectivity index (χ2v) is 8.12. The molecule has 0 saturated heterocycles. The molecule has 0 aliphatic heterocycles. The van der Waals surface area contributed by atoms with Crippen LogP contribution in [-0.2, 0) is 16.1 Å². The second kappa shape index (κ2) is 7.93. The number of nitrogens with one attached hydrogen (secondary N) is 2. The first kappa shape index (κ1) is 19.7. The molecular formula is C18H22N6O3S. The molecule has 3 heterocycles. The Balaban J connectivity index is 1.64. The highest BCUT2D eigenvalue weighted by Crippen LogP contribution is 2.22. The fourth-order valence-electron chi connectivity index (χ4n) is 2.37. The van der Waals surface area contributed by atoms with Crippen molar-refractivity contribution in [1.29, 1.82) is 0 Å². The second-order valence-electron chi connectivity index (χ2n) is 7.17. The van der Waals surface area contributed by atoms with Crippen LogP contribution in [0.4, 0.5) is 4.79 Å². The van der Waals surface area contributed by atoms with E-state index < -0.39 is 17.7 Å². The number of fused-ring (bicyclic) bond motifs is 1. The molecule has 2 N–H and O–H groups in total. The molecule has 28 heavy (non-hydrogen) atoms. The number of rotatable bonds is 5. The first-order valence-corrected chi connectivity index (χ1v) is 9.63. The number of amides is 2. The lowest BCUT2D eigenvalue weighted by Crippen LogP contribution is -2.46. The lowest BCUT2D eigenvalue weighted by Gasteiger charge is -2.21. The molecule has 9 nitrogen and oxygen atoms in total. The fourth-order valence-corrected chi connectivity index (χ4v) is 3.06. The van der Waals surface area contributed by atoms with Crippen molar-refractivity contribution in [3.63, 3.8) is 0 Å². The van der Waals surface area contributed by atoms with Gasteiger partial charge in [0.25, 0.3) is 0 Å². The topological polar surface area (TPSA) is 111 Å². The van der Waals surface area contributed by atoms with Crippen LogP contribution in [-0.4, -0.2) is 43.5 Å². The van der Waals surface area contributed by atoms with Crippen LogP contribution in [0.25, 0.3) is 16.2 Å². The van der Waals surface area contributed by atoms with Crippen molar-refractivity contribution in [2.45, 2.75) is 45.9 Å². The van der Waals surface area contributed by atoms with Gasteiger partial charge in [0, 0.05) is 0 Å². The number of carbonyl (C=O) groups excluding carboxylic acids is 2. The van der Waals surface area contributed by atoms with Gasteiger partial charge in [-0.15, -0.1) is 21.5 Å². The van der Waals surface area contributed by atoms with Gasteiger partial charge in [0.1, 0.15) is 17.3 Å². The summed E-state index contributed by atoms with van der Waals surface area (Å²) >= 11 is 1.59. The maximum atomic E-state index is 12.3. The maximum absolute atomic E-state index is 12.3. The molecule has 10 heteroatoms. The van der Waals surface area contributed by atoms with Crippen molar-refractivity contribution in [3.8, 4) is 10.6 Å². The van der Waals surface area contributed by atoms with Crippen molar-refractivity contribution in [2.24, 2.45) is 0 Å². The van der Waals surface area contributed by atoms with Gasteiger partial charge in [-0.25, -0.2) is 4.79 Å². The van der Waals surface area contributed by atoms with Crippen molar-refractivity contribution in [3.05, 3.63) is 35.5 Å². The minimum Gasteiger partial charge on any atom is -0.444 e. The van der Waals surface area contributed by atoms with Gasteiger partial charge < -0.3 is 15.4 Å². The molecule has 0 unspecified atom stereocenters. The largest absolute Gasteiger partial charge is 0.444 e. The Bertz CT molecular complexity index is 977. The molecule has 0 aliphatic carbocycles. The molecule has 0 spiro atoms. The summed E-state index contributed by atoms with van der Waals surface area (Å²) in [4.78, 5) is 25.1. The SMILES string of the molecule is C[C@H](NC(=O)OC(C)(C)C)C(=O)NCc1nnc2ccc(-c3cccs3)nn12. The minimum atomic E-state index is -0.760. The summed E-state index contributed by atoms with van der Waals surface area (Å²) in [6, 6.07) is 6.88. The lowest BCUT2D eigenvalue weighted by molar-refractivity contribution is -0.123. The minimum absolute atomic E-state index is 0.126. The molecule has 0 aromatic carbocycles. The summed E-state index contributed by atoms with van der Waals surface area (Å²) in [5, 5.41) is 19.9. The molecular weight excluding hydrogens is 380 g/mol. The van der Waals surface area contributed by atoms with E-state index in [-0.39, 0.29) is 12.5 Å². The van der Waals surface area contributed by atoms with Crippen LogP contribution in [0, 0.1) is 0 Å². The smallest absolute Gasteiger partial charge is 0.408 e. The van der Waals surface area contributed by atoms with E-state index in [2.05, 4.69) is 25.9 Å². The van der Waals surface area contributed by atoms with Crippen LogP contribution in [0.15, 0.2) is 29.6 Å². The van der Waals surface area contributed by atoms with Crippen molar-refractivity contribution >= 4 is 29.0 Å². The predicted octanol–water partition coefficient (Wildman–Crippen LogP) is 2.38. The molecule has 0 fully saturated rings. The van der Waals surface area contributed by atoms with E-state index in [1.807, 2.05) is 29.6 Å². The predicted molar refractivity (Wildman–Crippen MR) is 105 cm³/mol. The molecule has 3 aromatic heterocycles. The quantitative estimate of drug-likeness (QED) is 0.678. The van der Waals surface area contributed by atoms with E-state index >= 15 is 0 Å². The Morgan fingerprint density at radius 3 is 2.71 bits per heavy atom. The van der Waals surface area contributed by atoms with Crippen LogP contribution in [0.3, 0.4) is 0 Å². The maximum Gasteiger partial charge on any atom is 0.408 e. The number of alkyl carbamates (subject to hydrolysis) is 1. The summed E-state index contributed by atoms with van der Waals surface area (Å²) in [6.07, 6.45) is -0.648. The summed E-state index contributed by atoms with van der Waals surface area (Å²) in [6.45, 7) is 6.97. The van der Waals surface area contributed by atoms with Crippen LogP contribution in [0.2, 0.25) is 0 Å². The van der Waals surface area contributed by atoms with E-state index in [1.165, 1.54) is 0 Å². The highest BCUT2D eigenvalue weighted by molar-refractivity contribution is 7.13. The molecule has 0 radical (unpaired) electrons. The standard InChI is InChI=1S/C18H22N6O3S/c1-11(20-17(26)27-18(2,3)4)16(25)19-10-15-22-21-14-8-7-12(23-24(14)15)13-6-5-9-28-13/h5-9,11H,10H2,1-4H3,(H,19,25)(H,20,26)/t11-/m0/s1. The van der Waals surface area contributed by atoms with Crippen LogP contribution < -0.4 is 10.6 Å². The summed E-state index contributed by atoms with van der Waals surface area (Å²) in [5.41, 5.74) is 0.756. The van der Waals surface area contributed by atoms with Crippen LogP contribution in [0.5, 0.6) is 0 Å². The Labute approximate surface area is 166 Å². The Hall–Kier alpha value is -3.01. The van der Waals surface area contributed by atoms with E-state index in [4.69, 9.17) is 4.74 Å². The van der Waals surface area contributed by atoms with Gasteiger partial charge in [-0.05, 0) is 51.3 Å². The molecule has 0 bridgehead atoms. The molecule has 3 aromatic rings. The number of ether oxygens (including phenoxy) is 1. The third-order valence-electron chi connectivity index (χ3n) is 3.65. The van der Waals surface area contributed by atoms with E-state index in [0.717, 1.165) is 10.6 Å². The fraction of sp³-hybridized carbons (Fsp3) is 0.389. The molecule has 2 amide bonds. The van der Waals surface area contributed by atoms with E-state index in [9.17, 15) is 9.59 Å². The Kier molecular flexibility index (Phi) is 5.59. The average molecular weight is 402 g/mol. The summed E-state index contributed by atoms with van der Waals surface area (Å²) in [5.74, 6) is 0.128. The number of hydrogen-bond donors (Lipinski definition) is 2. The van der Waals surface area contributed by atoms with Gasteiger partial charge in [0.15, 0.2) is 11.5 Å². The van der Waals surface area contributed by atoms with Gasteiger partial charge in [0.2, 0.25) is 5.91 Å². The number of aromatic nitrogens is 4. The monoisotopic (exact) mass is 402 g/mol. The number of thiophene rings is 1. The molecule has 0 aliphatic rings. The summed E-state index contributed by atoms with van der Waals surface area (Å²) < 4.78 is 6.75. The average Bonchev–Trinajstić information content (AvgIpc) is 3.27. The van der Waals surface area contributed by atoms with Crippen LogP contribution in [0.1, 0.15) is 33.5 Å². The third kappa shape index (κ3) is 4.83. The Morgan fingerprint density at radius 1 is 1.25 bits per heavy atom. The van der Waals surface area contributed by atoms with Gasteiger partial charge in [-0.2, -0.15) is 9.61 Å². The normalized spacial score (nSPS) is 12.6. The number of nitrogens with zero attached hydrogens (tertiary/aromatic N) is 4. The zero-order valence-corrected chi connectivity index (χ0v) is 16.9. The van der Waals surface area contributed by atoms with Crippen molar-refractivity contribution in [2.75, 3.05) is 0 Å². The van der Waals surface area contributed by atoms with Crippen molar-refractivity contribution in [1.82, 2.24) is 30.4 Å². The van der Waals surface area contributed by atoms with Crippen LogP contribution >= 0.6 is 11.3 Å². The first-order chi connectivity index (χ1) is 13.2. The molecule has 0 saturated carbocycles. The van der Waals surface area contributed by atoms with Gasteiger partial charge in [-0.1, -0.05) is 6.07 Å². The highest BCUT2D eigenvalue weighted by Gasteiger charge is 2.21. The van der Waals surface area contributed by atoms with Gasteiger partial charge in [-0.3, -0.25) is 4.79 Å². The third-order valence-corrected chi connectivity index (χ3v) is 4.54. The van der Waals surface area contributed by atoms with Gasteiger partial charge >= 0.3 is 6.09 Å². The number of carbonyl (C=O) groups is 2. The molecule has 148 valence electrons. The first-order valence-electron chi connectivity index (χ1n) is 8.75. The van der Waals surface area contributed by atoms with E-state index in [1.54, 1.807) is 43.5 Å². The number of hydrogen-bond acceptors (Lipinski definition) is 7. The summed E-state index contributed by atoms with van der Waals surface area (Å²) in [7, 11) is 0. The highest BCUT2D eigenvalue weighted by atomic mass is 32.1. The van der Waals surface area contributed by atoms with Crippen molar-refractivity contribution < 1.29 is 14.3 Å². The molecule has 1 atom stereocenters. The Morgan fingerprint density at radius 2 is 2.04 bits per heavy atom.